The molecule has 0 aromatic heterocycles. The number of sulfonamides is 1. The minimum atomic E-state index is -4.25. The van der Waals surface area contributed by atoms with E-state index in [0.29, 0.717) is 10.6 Å². The molecule has 0 heterocycles. The van der Waals surface area contributed by atoms with Gasteiger partial charge in [-0.25, -0.2) is 23.0 Å². The predicted octanol–water partition coefficient (Wildman–Crippen LogP) is 4.17. The lowest BCUT2D eigenvalue weighted by molar-refractivity contribution is -0.121. The molecule has 0 saturated heterocycles. The average molecular weight is 538 g/mol. The minimum Gasteiger partial charge on any atom is -0.478 e. The first-order valence-electron chi connectivity index (χ1n) is 9.92. The van der Waals surface area contributed by atoms with Crippen LogP contribution in [0.4, 0.5) is 4.39 Å². The van der Waals surface area contributed by atoms with Crippen LogP contribution in [0.1, 0.15) is 21.5 Å². The molecule has 0 bridgehead atoms. The third-order valence-corrected chi connectivity index (χ3v) is 7.14. The summed E-state index contributed by atoms with van der Waals surface area (Å²) in [5.74, 6) is -2.61. The first-order valence-corrected chi connectivity index (χ1v) is 12.1. The van der Waals surface area contributed by atoms with E-state index in [9.17, 15) is 22.4 Å². The van der Waals surface area contributed by atoms with E-state index in [4.69, 9.17) is 28.3 Å². The average Bonchev–Trinajstić information content (AvgIpc) is 2.81. The number of aromatic carboxylic acids is 1. The van der Waals surface area contributed by atoms with E-state index >= 15 is 0 Å². The summed E-state index contributed by atoms with van der Waals surface area (Å²) in [4.78, 5) is 23.3. The van der Waals surface area contributed by atoms with E-state index < -0.39 is 40.8 Å². The summed E-state index contributed by atoms with van der Waals surface area (Å²) in [5, 5.41) is 13.0. The van der Waals surface area contributed by atoms with Crippen molar-refractivity contribution in [1.82, 2.24) is 9.73 Å². The SMILES string of the molecule is O=C(CN(Cc1c(F)cccc1Cl)S(=O)(=O)c1ccc(Cl)cc1)N/N=C\c1ccc(C(=O)O)cc1. The fourth-order valence-electron chi connectivity index (χ4n) is 2.93. The monoisotopic (exact) mass is 537 g/mol. The Hall–Kier alpha value is -3.31. The summed E-state index contributed by atoms with van der Waals surface area (Å²) in [6.45, 7) is -1.20. The van der Waals surface area contributed by atoms with Crippen molar-refractivity contribution in [3.8, 4) is 0 Å². The molecule has 0 atom stereocenters. The van der Waals surface area contributed by atoms with Crippen LogP contribution in [0.25, 0.3) is 0 Å². The highest BCUT2D eigenvalue weighted by Gasteiger charge is 2.28. The molecule has 3 rings (SSSR count). The summed E-state index contributed by atoms with van der Waals surface area (Å²) in [6.07, 6.45) is 1.26. The zero-order valence-corrected chi connectivity index (χ0v) is 20.2. The molecule has 0 unspecified atom stereocenters. The maximum absolute atomic E-state index is 14.4. The Morgan fingerprint density at radius 2 is 1.69 bits per heavy atom. The van der Waals surface area contributed by atoms with Crippen LogP contribution in [0.15, 0.2) is 76.7 Å². The molecular weight excluding hydrogens is 520 g/mol. The number of carboxylic acid groups (broad SMARTS) is 1. The third-order valence-electron chi connectivity index (χ3n) is 4.73. The van der Waals surface area contributed by atoms with E-state index in [1.54, 1.807) is 0 Å². The molecule has 0 aliphatic rings. The number of nitrogens with zero attached hydrogens (tertiary/aromatic N) is 2. The van der Waals surface area contributed by atoms with Gasteiger partial charge in [-0.2, -0.15) is 9.41 Å². The second kappa shape index (κ2) is 11.4. The van der Waals surface area contributed by atoms with Crippen LogP contribution in [0.5, 0.6) is 0 Å². The van der Waals surface area contributed by atoms with Gasteiger partial charge in [-0.3, -0.25) is 4.79 Å². The van der Waals surface area contributed by atoms with Gasteiger partial charge >= 0.3 is 5.97 Å². The molecule has 8 nitrogen and oxygen atoms in total. The maximum atomic E-state index is 14.4. The Labute approximate surface area is 210 Å². The number of rotatable bonds is 9. The summed E-state index contributed by atoms with van der Waals surface area (Å²) >= 11 is 11.9. The first kappa shape index (κ1) is 26.3. The van der Waals surface area contributed by atoms with Gasteiger partial charge in [0.15, 0.2) is 0 Å². The van der Waals surface area contributed by atoms with Gasteiger partial charge in [0, 0.05) is 22.2 Å². The van der Waals surface area contributed by atoms with E-state index in [-0.39, 0.29) is 21.0 Å². The first-order chi connectivity index (χ1) is 16.6. The Balaban J connectivity index is 1.81. The lowest BCUT2D eigenvalue weighted by atomic mass is 10.1. The molecule has 0 aliphatic heterocycles. The molecule has 0 saturated carbocycles. The Morgan fingerprint density at radius 1 is 1.03 bits per heavy atom. The fraction of sp³-hybridized carbons (Fsp3) is 0.0870. The largest absolute Gasteiger partial charge is 0.478 e. The maximum Gasteiger partial charge on any atom is 0.335 e. The lowest BCUT2D eigenvalue weighted by Crippen LogP contribution is -2.39. The minimum absolute atomic E-state index is 0.00421. The summed E-state index contributed by atoms with van der Waals surface area (Å²) in [5.41, 5.74) is 2.69. The predicted molar refractivity (Wildman–Crippen MR) is 130 cm³/mol. The van der Waals surface area contributed by atoms with Crippen molar-refractivity contribution >= 4 is 51.3 Å². The third kappa shape index (κ3) is 6.86. The van der Waals surface area contributed by atoms with Crippen LogP contribution in [-0.2, 0) is 21.4 Å². The molecule has 35 heavy (non-hydrogen) atoms. The molecule has 3 aromatic carbocycles. The van der Waals surface area contributed by atoms with Crippen LogP contribution in [0, 0.1) is 5.82 Å². The van der Waals surface area contributed by atoms with E-state index in [0.717, 1.165) is 10.4 Å². The molecule has 3 aromatic rings. The number of nitrogens with one attached hydrogen (secondary N) is 1. The quantitative estimate of drug-likeness (QED) is 0.314. The van der Waals surface area contributed by atoms with Crippen LogP contribution in [0.2, 0.25) is 10.0 Å². The Kier molecular flexibility index (Phi) is 8.57. The highest BCUT2D eigenvalue weighted by molar-refractivity contribution is 7.89. The van der Waals surface area contributed by atoms with Gasteiger partial charge < -0.3 is 5.11 Å². The number of carboxylic acids is 1. The molecule has 0 aliphatic carbocycles. The van der Waals surface area contributed by atoms with Gasteiger partial charge in [-0.05, 0) is 54.1 Å². The van der Waals surface area contributed by atoms with Crippen LogP contribution < -0.4 is 5.43 Å². The van der Waals surface area contributed by atoms with Gasteiger partial charge in [-0.15, -0.1) is 0 Å². The van der Waals surface area contributed by atoms with Crippen LogP contribution in [-0.4, -0.2) is 42.5 Å². The normalized spacial score (nSPS) is 11.7. The zero-order valence-electron chi connectivity index (χ0n) is 17.9. The standard InChI is InChI=1S/C23H18Cl2FN3O5S/c24-17-8-10-18(11-9-17)35(33,34)29(13-19-20(25)2-1-3-21(19)26)14-22(30)28-27-12-15-4-6-16(7-5-15)23(31)32/h1-12H,13-14H2,(H,28,30)(H,31,32)/b27-12-. The number of hydrogen-bond donors (Lipinski definition) is 2. The molecule has 182 valence electrons. The second-order valence-electron chi connectivity index (χ2n) is 7.15. The number of carbonyl (C=O) groups excluding carboxylic acids is 1. The highest BCUT2D eigenvalue weighted by atomic mass is 35.5. The van der Waals surface area contributed by atoms with Crippen molar-refractivity contribution in [1.29, 1.82) is 0 Å². The van der Waals surface area contributed by atoms with Gasteiger partial charge in [0.2, 0.25) is 10.0 Å². The number of halogens is 3. The molecule has 1 amide bonds. The van der Waals surface area contributed by atoms with Crippen molar-refractivity contribution in [2.75, 3.05) is 6.54 Å². The molecule has 0 spiro atoms. The highest BCUT2D eigenvalue weighted by Crippen LogP contribution is 2.25. The molecule has 0 fully saturated rings. The zero-order chi connectivity index (χ0) is 25.6. The van der Waals surface area contributed by atoms with Crippen molar-refractivity contribution < 1.29 is 27.5 Å². The van der Waals surface area contributed by atoms with E-state index in [1.165, 1.54) is 66.9 Å². The van der Waals surface area contributed by atoms with Gasteiger partial charge in [0.1, 0.15) is 5.82 Å². The molecule has 2 N–H and O–H groups in total. The number of carbonyl (C=O) groups is 2. The molecule has 0 radical (unpaired) electrons. The smallest absolute Gasteiger partial charge is 0.335 e. The summed E-state index contributed by atoms with van der Waals surface area (Å²) < 4.78 is 41.6. The van der Waals surface area contributed by atoms with E-state index in [1.807, 2.05) is 0 Å². The Bertz CT molecular complexity index is 1340. The lowest BCUT2D eigenvalue weighted by Gasteiger charge is -2.22. The van der Waals surface area contributed by atoms with Gasteiger partial charge in [-0.1, -0.05) is 41.4 Å². The van der Waals surface area contributed by atoms with Crippen molar-refractivity contribution in [2.24, 2.45) is 5.10 Å². The van der Waals surface area contributed by atoms with Crippen LogP contribution in [0.3, 0.4) is 0 Å². The summed E-state index contributed by atoms with van der Waals surface area (Å²) in [7, 11) is -4.25. The van der Waals surface area contributed by atoms with Gasteiger partial charge in [0.25, 0.3) is 5.91 Å². The summed E-state index contributed by atoms with van der Waals surface area (Å²) in [6, 6.07) is 14.9. The molecule has 12 heteroatoms. The van der Waals surface area contributed by atoms with Crippen molar-refractivity contribution in [3.63, 3.8) is 0 Å². The van der Waals surface area contributed by atoms with Crippen molar-refractivity contribution in [2.45, 2.75) is 11.4 Å². The fourth-order valence-corrected chi connectivity index (χ4v) is 4.64. The van der Waals surface area contributed by atoms with Gasteiger partial charge in [0.05, 0.1) is 23.2 Å². The number of hydrogen-bond acceptors (Lipinski definition) is 5. The van der Waals surface area contributed by atoms with Crippen molar-refractivity contribution in [3.05, 3.63) is 99.3 Å². The number of benzene rings is 3. The molecular formula is C23H18Cl2FN3O5S. The second-order valence-corrected chi connectivity index (χ2v) is 9.93. The topological polar surface area (TPSA) is 116 Å². The number of amides is 1. The number of hydrazone groups is 1. The Morgan fingerprint density at radius 3 is 2.29 bits per heavy atom. The van der Waals surface area contributed by atoms with E-state index in [2.05, 4.69) is 10.5 Å². The van der Waals surface area contributed by atoms with Crippen LogP contribution >= 0.6 is 23.2 Å².